The first-order valence-electron chi connectivity index (χ1n) is 5.06. The highest BCUT2D eigenvalue weighted by Gasteiger charge is 2.46. The van der Waals surface area contributed by atoms with Crippen LogP contribution in [0.4, 0.5) is 5.69 Å². The number of nitro groups is 1. The summed E-state index contributed by atoms with van der Waals surface area (Å²) in [6.07, 6.45) is 0. The van der Waals surface area contributed by atoms with E-state index in [0.29, 0.717) is 0 Å². The SMILES string of the molecule is CC1(COc2ccccc2[N+](=O)[O-])COC1=O. The summed E-state index contributed by atoms with van der Waals surface area (Å²) >= 11 is 0. The highest BCUT2D eigenvalue weighted by atomic mass is 16.6. The van der Waals surface area contributed by atoms with Crippen molar-refractivity contribution in [3.05, 3.63) is 34.4 Å². The van der Waals surface area contributed by atoms with Crippen LogP contribution in [0.25, 0.3) is 0 Å². The van der Waals surface area contributed by atoms with Crippen molar-refractivity contribution in [3.63, 3.8) is 0 Å². The lowest BCUT2D eigenvalue weighted by Crippen LogP contribution is -2.49. The molecule has 0 bridgehead atoms. The average molecular weight is 237 g/mol. The minimum absolute atomic E-state index is 0.0800. The van der Waals surface area contributed by atoms with Crippen LogP contribution in [0.2, 0.25) is 0 Å². The van der Waals surface area contributed by atoms with Crippen LogP contribution in [0.3, 0.4) is 0 Å². The van der Waals surface area contributed by atoms with E-state index in [0.717, 1.165) is 0 Å². The number of carbonyl (C=O) groups is 1. The zero-order chi connectivity index (χ0) is 12.5. The van der Waals surface area contributed by atoms with E-state index in [-0.39, 0.29) is 30.6 Å². The number of cyclic esters (lactones) is 1. The molecule has 1 unspecified atom stereocenters. The summed E-state index contributed by atoms with van der Waals surface area (Å²) in [5.41, 5.74) is -0.798. The van der Waals surface area contributed by atoms with Gasteiger partial charge in [-0.05, 0) is 13.0 Å². The first-order chi connectivity index (χ1) is 8.03. The van der Waals surface area contributed by atoms with Crippen molar-refractivity contribution in [2.24, 2.45) is 5.41 Å². The summed E-state index contributed by atoms with van der Waals surface area (Å²) in [7, 11) is 0. The van der Waals surface area contributed by atoms with Gasteiger partial charge in [-0.3, -0.25) is 14.9 Å². The number of esters is 1. The van der Waals surface area contributed by atoms with Crippen LogP contribution in [0.15, 0.2) is 24.3 Å². The van der Waals surface area contributed by atoms with E-state index in [9.17, 15) is 14.9 Å². The van der Waals surface area contributed by atoms with Crippen molar-refractivity contribution in [2.75, 3.05) is 13.2 Å². The van der Waals surface area contributed by atoms with Crippen LogP contribution in [0.1, 0.15) is 6.92 Å². The first-order valence-corrected chi connectivity index (χ1v) is 5.06. The van der Waals surface area contributed by atoms with Crippen LogP contribution in [0, 0.1) is 15.5 Å². The Labute approximate surface area is 97.3 Å². The molecule has 0 spiro atoms. The fraction of sp³-hybridized carbons (Fsp3) is 0.364. The Kier molecular flexibility index (Phi) is 2.71. The van der Waals surface area contributed by atoms with Crippen LogP contribution in [-0.2, 0) is 9.53 Å². The number of benzene rings is 1. The molecule has 1 atom stereocenters. The molecule has 2 rings (SSSR count). The van der Waals surface area contributed by atoms with Gasteiger partial charge in [0.05, 0.1) is 4.92 Å². The van der Waals surface area contributed by atoms with Crippen LogP contribution >= 0.6 is 0 Å². The van der Waals surface area contributed by atoms with Crippen LogP contribution in [-0.4, -0.2) is 24.1 Å². The van der Waals surface area contributed by atoms with Gasteiger partial charge in [0.2, 0.25) is 0 Å². The van der Waals surface area contributed by atoms with E-state index in [4.69, 9.17) is 4.74 Å². The molecule has 1 aliphatic heterocycles. The number of hydrogen-bond donors (Lipinski definition) is 0. The highest BCUT2D eigenvalue weighted by molar-refractivity contribution is 5.81. The van der Waals surface area contributed by atoms with Crippen LogP contribution in [0.5, 0.6) is 5.75 Å². The first kappa shape index (κ1) is 11.4. The molecule has 0 aliphatic carbocycles. The number of ether oxygens (including phenoxy) is 2. The lowest BCUT2D eigenvalue weighted by atomic mass is 9.89. The van der Waals surface area contributed by atoms with Crippen LogP contribution < -0.4 is 4.74 Å². The largest absolute Gasteiger partial charge is 0.485 e. The van der Waals surface area contributed by atoms with Gasteiger partial charge in [0.15, 0.2) is 5.75 Å². The summed E-state index contributed by atoms with van der Waals surface area (Å²) in [6, 6.07) is 6.07. The molecule has 90 valence electrons. The summed E-state index contributed by atoms with van der Waals surface area (Å²) in [5.74, 6) is -0.172. The smallest absolute Gasteiger partial charge is 0.318 e. The Morgan fingerprint density at radius 2 is 2.24 bits per heavy atom. The van der Waals surface area contributed by atoms with E-state index >= 15 is 0 Å². The van der Waals surface area contributed by atoms with Gasteiger partial charge >= 0.3 is 11.7 Å². The molecule has 0 N–H and O–H groups in total. The molecular weight excluding hydrogens is 226 g/mol. The summed E-state index contributed by atoms with van der Waals surface area (Å²) in [5, 5.41) is 10.7. The molecular formula is C11H11NO5. The lowest BCUT2D eigenvalue weighted by Gasteiger charge is -2.34. The molecule has 1 fully saturated rings. The Bertz CT molecular complexity index is 473. The molecule has 1 aromatic rings. The molecule has 1 aromatic carbocycles. The van der Waals surface area contributed by atoms with Gasteiger partial charge in [0.25, 0.3) is 0 Å². The summed E-state index contributed by atoms with van der Waals surface area (Å²) in [6.45, 7) is 2.07. The average Bonchev–Trinajstić information content (AvgIpc) is 2.34. The number of nitrogens with zero attached hydrogens (tertiary/aromatic N) is 1. The number of carbonyl (C=O) groups excluding carboxylic acids is 1. The maximum absolute atomic E-state index is 11.2. The molecule has 6 nitrogen and oxygen atoms in total. The number of hydrogen-bond acceptors (Lipinski definition) is 5. The Morgan fingerprint density at radius 1 is 1.53 bits per heavy atom. The molecule has 1 saturated heterocycles. The standard InChI is InChI=1S/C11H11NO5/c1-11(7-17-10(11)13)6-16-9-5-3-2-4-8(9)12(14)15/h2-5H,6-7H2,1H3. The second kappa shape index (κ2) is 4.04. The van der Waals surface area contributed by atoms with Crippen molar-refractivity contribution < 1.29 is 19.2 Å². The predicted octanol–water partition coefficient (Wildman–Crippen LogP) is 1.54. The third-order valence-corrected chi connectivity index (χ3v) is 2.62. The zero-order valence-corrected chi connectivity index (χ0v) is 9.21. The quantitative estimate of drug-likeness (QED) is 0.451. The van der Waals surface area contributed by atoms with Gasteiger partial charge < -0.3 is 9.47 Å². The maximum Gasteiger partial charge on any atom is 0.318 e. The van der Waals surface area contributed by atoms with Gasteiger partial charge in [-0.1, -0.05) is 12.1 Å². The minimum Gasteiger partial charge on any atom is -0.485 e. The molecule has 0 aromatic heterocycles. The normalized spacial score (nSPS) is 22.5. The van der Waals surface area contributed by atoms with E-state index in [2.05, 4.69) is 4.74 Å². The Morgan fingerprint density at radius 3 is 2.76 bits per heavy atom. The van der Waals surface area contributed by atoms with Gasteiger partial charge in [0.1, 0.15) is 18.6 Å². The summed E-state index contributed by atoms with van der Waals surface area (Å²) in [4.78, 5) is 21.4. The monoisotopic (exact) mass is 237 g/mol. The van der Waals surface area contributed by atoms with Crippen molar-refractivity contribution in [1.82, 2.24) is 0 Å². The van der Waals surface area contributed by atoms with Crippen molar-refractivity contribution in [2.45, 2.75) is 6.92 Å². The molecule has 17 heavy (non-hydrogen) atoms. The topological polar surface area (TPSA) is 78.7 Å². The fourth-order valence-electron chi connectivity index (χ4n) is 1.45. The maximum atomic E-state index is 11.2. The van der Waals surface area contributed by atoms with Crippen molar-refractivity contribution >= 4 is 11.7 Å². The molecule has 1 aliphatic rings. The van der Waals surface area contributed by atoms with Crippen molar-refractivity contribution in [3.8, 4) is 5.75 Å². The number of para-hydroxylation sites is 2. The third-order valence-electron chi connectivity index (χ3n) is 2.62. The van der Waals surface area contributed by atoms with E-state index < -0.39 is 10.3 Å². The predicted molar refractivity (Wildman–Crippen MR) is 57.7 cm³/mol. The second-order valence-corrected chi connectivity index (χ2v) is 4.15. The van der Waals surface area contributed by atoms with E-state index in [1.54, 1.807) is 19.1 Å². The van der Waals surface area contributed by atoms with Gasteiger partial charge in [-0.25, -0.2) is 0 Å². The van der Waals surface area contributed by atoms with Gasteiger partial charge in [-0.15, -0.1) is 0 Å². The molecule has 0 radical (unpaired) electrons. The second-order valence-electron chi connectivity index (χ2n) is 4.15. The molecule has 1 heterocycles. The Balaban J connectivity index is 2.09. The van der Waals surface area contributed by atoms with Gasteiger partial charge in [0, 0.05) is 6.07 Å². The highest BCUT2D eigenvalue weighted by Crippen LogP contribution is 2.32. The van der Waals surface area contributed by atoms with E-state index in [1.807, 2.05) is 0 Å². The van der Waals surface area contributed by atoms with E-state index in [1.165, 1.54) is 12.1 Å². The third kappa shape index (κ3) is 2.06. The molecule has 0 amide bonds. The number of rotatable bonds is 4. The van der Waals surface area contributed by atoms with Crippen molar-refractivity contribution in [1.29, 1.82) is 0 Å². The lowest BCUT2D eigenvalue weighted by molar-refractivity contribution is -0.386. The molecule has 6 heteroatoms. The molecule has 0 saturated carbocycles. The number of nitro benzene ring substituents is 1. The zero-order valence-electron chi connectivity index (χ0n) is 9.21. The fourth-order valence-corrected chi connectivity index (χ4v) is 1.45. The summed E-state index contributed by atoms with van der Waals surface area (Å²) < 4.78 is 9.99. The minimum atomic E-state index is -0.691. The van der Waals surface area contributed by atoms with Gasteiger partial charge in [-0.2, -0.15) is 0 Å². The Hall–Kier alpha value is -2.11.